The molecule has 0 radical (unpaired) electrons. The molecule has 22 heavy (non-hydrogen) atoms. The lowest BCUT2D eigenvalue weighted by atomic mass is 10.0. The topological polar surface area (TPSA) is 9.72 Å². The predicted octanol–water partition coefficient (Wildman–Crippen LogP) is 4.40. The zero-order valence-electron chi connectivity index (χ0n) is 12.6. The molecule has 2 heterocycles. The first-order valence-corrected chi connectivity index (χ1v) is 8.90. The largest absolute Gasteiger partial charge is 0.334 e. The zero-order chi connectivity index (χ0) is 15.4. The summed E-state index contributed by atoms with van der Waals surface area (Å²) in [6.07, 6.45) is 0.266. The van der Waals surface area contributed by atoms with Gasteiger partial charge in [0.05, 0.1) is 0 Å². The maximum atomic E-state index is 3.60. The van der Waals surface area contributed by atoms with Crippen molar-refractivity contribution in [2.45, 2.75) is 19.4 Å². The first kappa shape index (κ1) is 14.5. The molecular formula is C17H17Br2N3. The van der Waals surface area contributed by atoms with Crippen LogP contribution in [0.2, 0.25) is 0 Å². The minimum Gasteiger partial charge on any atom is -0.334 e. The van der Waals surface area contributed by atoms with Crippen molar-refractivity contribution in [1.82, 2.24) is 4.90 Å². The number of anilines is 2. The van der Waals surface area contributed by atoms with Crippen LogP contribution in [0.15, 0.2) is 45.3 Å². The van der Waals surface area contributed by atoms with Crippen LogP contribution in [0.4, 0.5) is 11.4 Å². The van der Waals surface area contributed by atoms with E-state index in [0.717, 1.165) is 22.0 Å². The minimum atomic E-state index is 0.266. The number of rotatable bonds is 1. The molecule has 0 unspecified atom stereocenters. The standard InChI is InChI=1S/C17H17Br2N3/c1-20(2)17-21-10-12-8-14(19)4-6-16(12)22(17)9-11-7-13(18)3-5-15(11)21/h3-8,17H,9-10H2,1-2H3. The number of benzene rings is 2. The second-order valence-electron chi connectivity index (χ2n) is 6.11. The molecule has 0 atom stereocenters. The lowest BCUT2D eigenvalue weighted by Crippen LogP contribution is -2.61. The highest BCUT2D eigenvalue weighted by Gasteiger charge is 2.38. The Bertz CT molecular complexity index is 685. The van der Waals surface area contributed by atoms with Crippen molar-refractivity contribution in [3.05, 3.63) is 56.5 Å². The van der Waals surface area contributed by atoms with Gasteiger partial charge in [0.25, 0.3) is 0 Å². The summed E-state index contributed by atoms with van der Waals surface area (Å²) >= 11 is 7.20. The molecule has 2 bridgehead atoms. The summed E-state index contributed by atoms with van der Waals surface area (Å²) in [5.74, 6) is 0. The summed E-state index contributed by atoms with van der Waals surface area (Å²) in [7, 11) is 4.30. The smallest absolute Gasteiger partial charge is 0.160 e. The molecule has 0 amide bonds. The molecule has 114 valence electrons. The van der Waals surface area contributed by atoms with Gasteiger partial charge in [-0.25, -0.2) is 0 Å². The molecule has 2 aromatic carbocycles. The van der Waals surface area contributed by atoms with E-state index in [-0.39, 0.29) is 6.29 Å². The van der Waals surface area contributed by atoms with E-state index in [4.69, 9.17) is 0 Å². The van der Waals surface area contributed by atoms with Gasteiger partial charge < -0.3 is 9.80 Å². The molecule has 3 nitrogen and oxygen atoms in total. The third kappa shape index (κ3) is 2.18. The molecule has 2 aromatic rings. The normalized spacial score (nSPS) is 16.8. The molecule has 0 fully saturated rings. The third-order valence-corrected chi connectivity index (χ3v) is 5.39. The van der Waals surface area contributed by atoms with Crippen molar-refractivity contribution in [3.63, 3.8) is 0 Å². The molecule has 0 N–H and O–H groups in total. The highest BCUT2D eigenvalue weighted by molar-refractivity contribution is 9.10. The lowest BCUT2D eigenvalue weighted by Gasteiger charge is -2.53. The van der Waals surface area contributed by atoms with Crippen molar-refractivity contribution in [1.29, 1.82) is 0 Å². The molecule has 2 aliphatic rings. The molecule has 4 rings (SSSR count). The predicted molar refractivity (Wildman–Crippen MR) is 98.1 cm³/mol. The van der Waals surface area contributed by atoms with Crippen LogP contribution < -0.4 is 9.80 Å². The molecule has 0 saturated heterocycles. The summed E-state index contributed by atoms with van der Waals surface area (Å²) in [5, 5.41) is 0. The van der Waals surface area contributed by atoms with Gasteiger partial charge in [-0.1, -0.05) is 31.9 Å². The summed E-state index contributed by atoms with van der Waals surface area (Å²) < 4.78 is 2.29. The van der Waals surface area contributed by atoms with Gasteiger partial charge in [-0.15, -0.1) is 0 Å². The Balaban J connectivity index is 1.89. The fraction of sp³-hybridized carbons (Fsp3) is 0.294. The molecular weight excluding hydrogens is 406 g/mol. The van der Waals surface area contributed by atoms with Crippen molar-refractivity contribution in [2.75, 3.05) is 23.9 Å². The van der Waals surface area contributed by atoms with E-state index in [2.05, 4.69) is 97.1 Å². The van der Waals surface area contributed by atoms with Crippen molar-refractivity contribution in [3.8, 4) is 0 Å². The number of nitrogens with zero attached hydrogens (tertiary/aromatic N) is 3. The van der Waals surface area contributed by atoms with Crippen molar-refractivity contribution < 1.29 is 0 Å². The molecule has 0 spiro atoms. The molecule has 5 heteroatoms. The fourth-order valence-corrected chi connectivity index (χ4v) is 4.41. The van der Waals surface area contributed by atoms with Gasteiger partial charge in [-0.05, 0) is 61.6 Å². The Morgan fingerprint density at radius 2 is 1.32 bits per heavy atom. The van der Waals surface area contributed by atoms with Gasteiger partial charge in [0.15, 0.2) is 6.29 Å². The van der Waals surface area contributed by atoms with Crippen LogP contribution in [0.1, 0.15) is 11.1 Å². The van der Waals surface area contributed by atoms with Gasteiger partial charge in [-0.2, -0.15) is 0 Å². The number of fused-ring (bicyclic) bond motifs is 6. The van der Waals surface area contributed by atoms with Crippen LogP contribution in [0, 0.1) is 0 Å². The van der Waals surface area contributed by atoms with Crippen LogP contribution in [0.3, 0.4) is 0 Å². The van der Waals surface area contributed by atoms with E-state index in [1.165, 1.54) is 22.5 Å². The van der Waals surface area contributed by atoms with Gasteiger partial charge in [-0.3, -0.25) is 4.90 Å². The Morgan fingerprint density at radius 1 is 0.864 bits per heavy atom. The third-order valence-electron chi connectivity index (χ3n) is 4.40. The van der Waals surface area contributed by atoms with E-state index in [0.29, 0.717) is 0 Å². The summed E-state index contributed by atoms with van der Waals surface area (Å²) in [6, 6.07) is 13.2. The second-order valence-corrected chi connectivity index (χ2v) is 7.94. The summed E-state index contributed by atoms with van der Waals surface area (Å²) in [5.41, 5.74) is 5.43. The quantitative estimate of drug-likeness (QED) is 0.674. The Labute approximate surface area is 147 Å². The van der Waals surface area contributed by atoms with E-state index >= 15 is 0 Å². The zero-order valence-corrected chi connectivity index (χ0v) is 15.7. The Kier molecular flexibility index (Phi) is 3.47. The van der Waals surface area contributed by atoms with E-state index < -0.39 is 0 Å². The average Bonchev–Trinajstić information content (AvgIpc) is 2.45. The van der Waals surface area contributed by atoms with Crippen LogP contribution >= 0.6 is 31.9 Å². The first-order valence-electron chi connectivity index (χ1n) is 7.31. The fourth-order valence-electron chi connectivity index (χ4n) is 3.60. The summed E-state index contributed by atoms with van der Waals surface area (Å²) in [4.78, 5) is 7.26. The lowest BCUT2D eigenvalue weighted by molar-refractivity contribution is 0.252. The number of hydrogen-bond donors (Lipinski definition) is 0. The average molecular weight is 423 g/mol. The highest BCUT2D eigenvalue weighted by Crippen LogP contribution is 2.43. The molecule has 0 saturated carbocycles. The Hall–Kier alpha value is -1.04. The van der Waals surface area contributed by atoms with Crippen LogP contribution in [0.25, 0.3) is 0 Å². The maximum absolute atomic E-state index is 3.60. The van der Waals surface area contributed by atoms with Gasteiger partial charge in [0, 0.05) is 33.4 Å². The van der Waals surface area contributed by atoms with E-state index in [9.17, 15) is 0 Å². The molecule has 2 aliphatic heterocycles. The van der Waals surface area contributed by atoms with Gasteiger partial charge in [0.1, 0.15) is 0 Å². The van der Waals surface area contributed by atoms with E-state index in [1.807, 2.05) is 0 Å². The number of hydrogen-bond acceptors (Lipinski definition) is 3. The second kappa shape index (κ2) is 5.25. The van der Waals surface area contributed by atoms with Gasteiger partial charge >= 0.3 is 0 Å². The maximum Gasteiger partial charge on any atom is 0.160 e. The SMILES string of the molecule is CN(C)C1N2Cc3cc(Br)ccc3N1Cc1cc(Br)ccc12. The van der Waals surface area contributed by atoms with Crippen molar-refractivity contribution >= 4 is 43.2 Å². The van der Waals surface area contributed by atoms with Crippen LogP contribution in [-0.2, 0) is 13.1 Å². The van der Waals surface area contributed by atoms with Crippen molar-refractivity contribution in [2.24, 2.45) is 0 Å². The van der Waals surface area contributed by atoms with E-state index in [1.54, 1.807) is 0 Å². The Morgan fingerprint density at radius 3 is 1.73 bits per heavy atom. The summed E-state index contributed by atoms with van der Waals surface area (Å²) in [6.45, 7) is 1.87. The van der Waals surface area contributed by atoms with Crippen LogP contribution in [0.5, 0.6) is 0 Å². The highest BCUT2D eigenvalue weighted by atomic mass is 79.9. The molecule has 0 aliphatic carbocycles. The molecule has 0 aromatic heterocycles. The first-order chi connectivity index (χ1) is 10.5. The minimum absolute atomic E-state index is 0.266. The van der Waals surface area contributed by atoms with Gasteiger partial charge in [0.2, 0.25) is 0 Å². The monoisotopic (exact) mass is 421 g/mol. The van der Waals surface area contributed by atoms with Crippen LogP contribution in [-0.4, -0.2) is 25.3 Å². The number of halogens is 2.